The average molecular weight is 468 g/mol. The van der Waals surface area contributed by atoms with E-state index in [0.717, 1.165) is 22.4 Å². The van der Waals surface area contributed by atoms with Gasteiger partial charge in [0, 0.05) is 13.0 Å². The van der Waals surface area contributed by atoms with Crippen LogP contribution in [0.1, 0.15) is 44.4 Å². The number of hydrogen-bond acceptors (Lipinski definition) is 5. The fourth-order valence-electron chi connectivity index (χ4n) is 3.73. The Morgan fingerprint density at radius 1 is 1.06 bits per heavy atom. The minimum atomic E-state index is -0.776. The van der Waals surface area contributed by atoms with Crippen LogP contribution in [0.4, 0.5) is 4.79 Å². The predicted molar refractivity (Wildman–Crippen MR) is 128 cm³/mol. The Morgan fingerprint density at radius 2 is 1.71 bits per heavy atom. The third-order valence-corrected chi connectivity index (χ3v) is 5.56. The third-order valence-electron chi connectivity index (χ3n) is 5.56. The number of carbonyl (C=O) groups is 3. The van der Waals surface area contributed by atoms with E-state index in [0.29, 0.717) is 13.0 Å². The number of amides is 3. The van der Waals surface area contributed by atoms with Crippen molar-refractivity contribution in [2.24, 2.45) is 0 Å². The van der Waals surface area contributed by atoms with Gasteiger partial charge in [0.25, 0.3) is 0 Å². The normalized spacial score (nSPS) is 16.1. The molecule has 0 bridgehead atoms. The Labute approximate surface area is 200 Å². The molecule has 0 saturated carbocycles. The Morgan fingerprint density at radius 3 is 2.32 bits per heavy atom. The van der Waals surface area contributed by atoms with Crippen molar-refractivity contribution in [1.82, 2.24) is 15.5 Å². The van der Waals surface area contributed by atoms with Gasteiger partial charge in [-0.3, -0.25) is 14.5 Å². The Balaban J connectivity index is 1.65. The van der Waals surface area contributed by atoms with Crippen molar-refractivity contribution in [1.29, 1.82) is 0 Å². The Kier molecular flexibility index (Phi) is 7.81. The highest BCUT2D eigenvalue weighted by Crippen LogP contribution is 2.25. The fourth-order valence-corrected chi connectivity index (χ4v) is 3.73. The lowest BCUT2D eigenvalue weighted by atomic mass is 9.93. The molecule has 0 spiro atoms. The van der Waals surface area contributed by atoms with Gasteiger partial charge in [0.05, 0.1) is 13.7 Å². The smallest absolute Gasteiger partial charge is 0.411 e. The van der Waals surface area contributed by atoms with E-state index in [4.69, 9.17) is 9.47 Å². The average Bonchev–Trinajstić information content (AvgIpc) is 2.80. The molecular weight excluding hydrogens is 434 g/mol. The van der Waals surface area contributed by atoms with Crippen molar-refractivity contribution >= 4 is 17.9 Å². The molecule has 2 unspecified atom stereocenters. The van der Waals surface area contributed by atoms with Crippen LogP contribution >= 0.6 is 0 Å². The number of carbonyl (C=O) groups excluding carboxylic acids is 3. The molecule has 34 heavy (non-hydrogen) atoms. The standard InChI is InChI=1S/C26H33N3O5/c1-17(23(30)27-15-18-10-12-21(33-5)13-11-18)28-24(31)22-14-19-8-6-7-9-20(19)16-29(22)25(32)34-26(2,3)4/h6-13,17,22H,14-16H2,1-5H3,(H,27,30)(H,28,31). The summed E-state index contributed by atoms with van der Waals surface area (Å²) in [6.07, 6.45) is -0.208. The van der Waals surface area contributed by atoms with Crippen LogP contribution in [0.5, 0.6) is 5.75 Å². The van der Waals surface area contributed by atoms with Crippen LogP contribution in [0, 0.1) is 0 Å². The maximum absolute atomic E-state index is 13.2. The maximum atomic E-state index is 13.2. The van der Waals surface area contributed by atoms with E-state index in [9.17, 15) is 14.4 Å². The number of hydrogen-bond donors (Lipinski definition) is 2. The molecule has 8 heteroatoms. The molecule has 0 aromatic heterocycles. The quantitative estimate of drug-likeness (QED) is 0.680. The van der Waals surface area contributed by atoms with Crippen LogP contribution in [0.15, 0.2) is 48.5 Å². The largest absolute Gasteiger partial charge is 0.497 e. The maximum Gasteiger partial charge on any atom is 0.411 e. The molecule has 2 aromatic rings. The molecule has 0 aliphatic carbocycles. The molecule has 2 aromatic carbocycles. The summed E-state index contributed by atoms with van der Waals surface area (Å²) < 4.78 is 10.7. The second-order valence-electron chi connectivity index (χ2n) is 9.39. The fraction of sp³-hybridized carbons (Fsp3) is 0.423. The number of fused-ring (bicyclic) bond motifs is 1. The highest BCUT2D eigenvalue weighted by molar-refractivity contribution is 5.91. The summed E-state index contributed by atoms with van der Waals surface area (Å²) in [5.74, 6) is 0.0240. The van der Waals surface area contributed by atoms with Crippen molar-refractivity contribution < 1.29 is 23.9 Å². The summed E-state index contributed by atoms with van der Waals surface area (Å²) in [6, 6.07) is 13.5. The lowest BCUT2D eigenvalue weighted by Crippen LogP contribution is -2.56. The lowest BCUT2D eigenvalue weighted by Gasteiger charge is -2.37. The zero-order valence-corrected chi connectivity index (χ0v) is 20.4. The minimum absolute atomic E-state index is 0.265. The zero-order valence-electron chi connectivity index (χ0n) is 20.4. The number of rotatable bonds is 6. The van der Waals surface area contributed by atoms with Crippen LogP contribution in [0.25, 0.3) is 0 Å². The lowest BCUT2D eigenvalue weighted by molar-refractivity contribution is -0.132. The monoisotopic (exact) mass is 467 g/mol. The second kappa shape index (κ2) is 10.6. The number of nitrogens with one attached hydrogen (secondary N) is 2. The Hall–Kier alpha value is -3.55. The summed E-state index contributed by atoms with van der Waals surface area (Å²) in [4.78, 5) is 40.1. The molecule has 3 amide bonds. The molecule has 0 saturated heterocycles. The van der Waals surface area contributed by atoms with E-state index in [1.165, 1.54) is 4.90 Å². The van der Waals surface area contributed by atoms with Gasteiger partial charge in [-0.2, -0.15) is 0 Å². The van der Waals surface area contributed by atoms with E-state index in [1.54, 1.807) is 34.8 Å². The highest BCUT2D eigenvalue weighted by Gasteiger charge is 2.37. The van der Waals surface area contributed by atoms with Crippen LogP contribution in [0.2, 0.25) is 0 Å². The first-order valence-corrected chi connectivity index (χ1v) is 11.3. The van der Waals surface area contributed by atoms with Crippen LogP contribution < -0.4 is 15.4 Å². The van der Waals surface area contributed by atoms with Crippen molar-refractivity contribution in [2.45, 2.75) is 64.9 Å². The van der Waals surface area contributed by atoms with E-state index < -0.39 is 29.7 Å². The van der Waals surface area contributed by atoms with E-state index in [-0.39, 0.29) is 12.5 Å². The molecule has 0 radical (unpaired) electrons. The van der Waals surface area contributed by atoms with E-state index >= 15 is 0 Å². The van der Waals surface area contributed by atoms with Gasteiger partial charge < -0.3 is 20.1 Å². The highest BCUT2D eigenvalue weighted by atomic mass is 16.6. The molecule has 8 nitrogen and oxygen atoms in total. The summed E-state index contributed by atoms with van der Waals surface area (Å²) in [6.45, 7) is 7.56. The number of nitrogens with zero attached hydrogens (tertiary/aromatic N) is 1. The van der Waals surface area contributed by atoms with Crippen LogP contribution in [-0.4, -0.2) is 47.6 Å². The number of benzene rings is 2. The topological polar surface area (TPSA) is 97.0 Å². The van der Waals surface area contributed by atoms with Crippen molar-refractivity contribution in [3.63, 3.8) is 0 Å². The van der Waals surface area contributed by atoms with E-state index in [1.807, 2.05) is 48.5 Å². The molecule has 2 N–H and O–H groups in total. The predicted octanol–water partition coefficient (Wildman–Crippen LogP) is 3.18. The minimum Gasteiger partial charge on any atom is -0.497 e. The van der Waals surface area contributed by atoms with Crippen molar-refractivity contribution in [2.75, 3.05) is 7.11 Å². The summed E-state index contributed by atoms with van der Waals surface area (Å²) in [7, 11) is 1.59. The second-order valence-corrected chi connectivity index (χ2v) is 9.39. The third kappa shape index (κ3) is 6.50. The molecule has 2 atom stereocenters. The SMILES string of the molecule is COc1ccc(CNC(=O)C(C)NC(=O)C2Cc3ccccc3CN2C(=O)OC(C)(C)C)cc1. The summed E-state index contributed by atoms with van der Waals surface area (Å²) in [5.41, 5.74) is 2.19. The van der Waals surface area contributed by atoms with Gasteiger partial charge in [0.1, 0.15) is 23.4 Å². The number of ether oxygens (including phenoxy) is 2. The van der Waals surface area contributed by atoms with E-state index in [2.05, 4.69) is 10.6 Å². The molecule has 1 heterocycles. The summed E-state index contributed by atoms with van der Waals surface area (Å²) >= 11 is 0. The molecule has 1 aliphatic heterocycles. The molecule has 1 aliphatic rings. The van der Waals surface area contributed by atoms with Gasteiger partial charge in [0.15, 0.2) is 0 Å². The van der Waals surface area contributed by atoms with Gasteiger partial charge in [0.2, 0.25) is 11.8 Å². The van der Waals surface area contributed by atoms with Crippen molar-refractivity contribution in [3.05, 3.63) is 65.2 Å². The zero-order chi connectivity index (χ0) is 24.9. The van der Waals surface area contributed by atoms with Gasteiger partial charge in [-0.15, -0.1) is 0 Å². The van der Waals surface area contributed by atoms with Gasteiger partial charge in [-0.1, -0.05) is 36.4 Å². The molecule has 3 rings (SSSR count). The van der Waals surface area contributed by atoms with Gasteiger partial charge in [-0.25, -0.2) is 4.79 Å². The van der Waals surface area contributed by atoms with Gasteiger partial charge >= 0.3 is 6.09 Å². The molecule has 182 valence electrons. The first-order valence-electron chi connectivity index (χ1n) is 11.3. The van der Waals surface area contributed by atoms with Crippen LogP contribution in [-0.2, 0) is 33.8 Å². The molecule has 0 fully saturated rings. The van der Waals surface area contributed by atoms with Gasteiger partial charge in [-0.05, 0) is 56.5 Å². The first kappa shape index (κ1) is 25.1. The first-order chi connectivity index (χ1) is 16.1. The van der Waals surface area contributed by atoms with Crippen LogP contribution in [0.3, 0.4) is 0 Å². The molecular formula is C26H33N3O5. The Bertz CT molecular complexity index is 1030. The number of methoxy groups -OCH3 is 1. The van der Waals surface area contributed by atoms with Crippen molar-refractivity contribution in [3.8, 4) is 5.75 Å². The summed E-state index contributed by atoms with van der Waals surface area (Å²) in [5, 5.41) is 5.59.